The predicted molar refractivity (Wildman–Crippen MR) is 80.5 cm³/mol. The van der Waals surface area contributed by atoms with E-state index in [4.69, 9.17) is 4.74 Å². The molecule has 0 aromatic carbocycles. The minimum absolute atomic E-state index is 0.446. The minimum atomic E-state index is 0.446. The summed E-state index contributed by atoms with van der Waals surface area (Å²) in [6.45, 7) is 7.09. The molecule has 20 heavy (non-hydrogen) atoms. The molecule has 1 amide bonds. The fourth-order valence-corrected chi connectivity index (χ4v) is 3.27. The Balaban J connectivity index is 0.000000704. The van der Waals surface area contributed by atoms with Gasteiger partial charge in [-0.25, -0.2) is 0 Å². The second-order valence-electron chi connectivity index (χ2n) is 4.83. The van der Waals surface area contributed by atoms with Crippen LogP contribution in [0.4, 0.5) is 0 Å². The van der Waals surface area contributed by atoms with Gasteiger partial charge in [0.15, 0.2) is 0 Å². The van der Waals surface area contributed by atoms with Crippen LogP contribution in [0, 0.1) is 0 Å². The smallest absolute Gasteiger partial charge is 0.210 e. The Morgan fingerprint density at radius 2 is 2.05 bits per heavy atom. The molecular weight excluding hydrogens is 322 g/mol. The van der Waals surface area contributed by atoms with Crippen molar-refractivity contribution in [3.63, 3.8) is 0 Å². The maximum Gasteiger partial charge on any atom is 0.210 e. The third kappa shape index (κ3) is 3.06. The summed E-state index contributed by atoms with van der Waals surface area (Å²) < 4.78 is 8.44. The van der Waals surface area contributed by atoms with Crippen molar-refractivity contribution < 1.29 is 9.53 Å². The van der Waals surface area contributed by atoms with Gasteiger partial charge in [-0.3, -0.25) is 9.48 Å². The third-order valence-electron chi connectivity index (χ3n) is 3.75. The molecule has 0 atom stereocenters. The number of rotatable bonds is 2. The Morgan fingerprint density at radius 1 is 1.35 bits per heavy atom. The van der Waals surface area contributed by atoms with Crippen LogP contribution in [0.15, 0.2) is 4.60 Å². The predicted octanol–water partition coefficient (Wildman–Crippen LogP) is 2.54. The molecule has 2 aliphatic rings. The van der Waals surface area contributed by atoms with Crippen LogP contribution < -0.4 is 0 Å². The first-order valence-electron chi connectivity index (χ1n) is 7.32. The van der Waals surface area contributed by atoms with Gasteiger partial charge in [-0.1, -0.05) is 13.8 Å². The molecule has 3 rings (SSSR count). The van der Waals surface area contributed by atoms with Crippen LogP contribution in [-0.4, -0.2) is 40.8 Å². The normalized spacial score (nSPS) is 19.1. The van der Waals surface area contributed by atoms with Gasteiger partial charge in [-0.05, 0) is 28.8 Å². The molecule has 3 heterocycles. The second kappa shape index (κ2) is 7.22. The SMILES string of the molecule is CC.O=CN1CCc2c(c(Br)nn2C2CCOCC2)C1. The molecular formula is C14H22BrN3O2. The average Bonchev–Trinajstić information content (AvgIpc) is 2.87. The Hall–Kier alpha value is -0.880. The molecule has 1 fully saturated rings. The zero-order valence-corrected chi connectivity index (χ0v) is 13.7. The lowest BCUT2D eigenvalue weighted by atomic mass is 10.1. The van der Waals surface area contributed by atoms with Crippen molar-refractivity contribution in [3.8, 4) is 0 Å². The van der Waals surface area contributed by atoms with Gasteiger partial charge in [-0.15, -0.1) is 0 Å². The van der Waals surface area contributed by atoms with Gasteiger partial charge < -0.3 is 9.64 Å². The highest BCUT2D eigenvalue weighted by molar-refractivity contribution is 9.10. The first-order chi connectivity index (χ1) is 9.79. The van der Waals surface area contributed by atoms with Gasteiger partial charge in [0.2, 0.25) is 6.41 Å². The Labute approximate surface area is 128 Å². The van der Waals surface area contributed by atoms with E-state index in [2.05, 4.69) is 25.7 Å². The van der Waals surface area contributed by atoms with Crippen LogP contribution in [0.3, 0.4) is 0 Å². The van der Waals surface area contributed by atoms with Crippen LogP contribution in [0.5, 0.6) is 0 Å². The number of carbonyl (C=O) groups is 1. The van der Waals surface area contributed by atoms with E-state index >= 15 is 0 Å². The van der Waals surface area contributed by atoms with Crippen LogP contribution in [0.2, 0.25) is 0 Å². The van der Waals surface area contributed by atoms with Crippen molar-refractivity contribution in [3.05, 3.63) is 15.9 Å². The standard InChI is InChI=1S/C12H16BrN3O2.C2H6/c13-12-10-7-15(8-17)4-1-11(10)16(14-12)9-2-5-18-6-3-9;1-2/h8-9H,1-7H2;1-2H3. The fourth-order valence-electron chi connectivity index (χ4n) is 2.75. The van der Waals surface area contributed by atoms with E-state index in [1.807, 2.05) is 13.8 Å². The van der Waals surface area contributed by atoms with Gasteiger partial charge in [0.05, 0.1) is 6.04 Å². The molecule has 1 aromatic rings. The molecule has 6 heteroatoms. The number of carbonyl (C=O) groups excluding carboxylic acids is 1. The van der Waals surface area contributed by atoms with Gasteiger partial charge >= 0.3 is 0 Å². The number of nitrogens with zero attached hydrogens (tertiary/aromatic N) is 3. The molecule has 1 aromatic heterocycles. The summed E-state index contributed by atoms with van der Waals surface area (Å²) >= 11 is 3.52. The lowest BCUT2D eigenvalue weighted by Gasteiger charge is -2.28. The largest absolute Gasteiger partial charge is 0.381 e. The Bertz CT molecular complexity index is 456. The second-order valence-corrected chi connectivity index (χ2v) is 5.58. The summed E-state index contributed by atoms with van der Waals surface area (Å²) in [5, 5.41) is 4.62. The number of amides is 1. The van der Waals surface area contributed by atoms with Crippen LogP contribution in [-0.2, 0) is 22.5 Å². The van der Waals surface area contributed by atoms with Gasteiger partial charge in [0, 0.05) is 44.0 Å². The van der Waals surface area contributed by atoms with Crippen molar-refractivity contribution in [1.82, 2.24) is 14.7 Å². The molecule has 0 aliphatic carbocycles. The van der Waals surface area contributed by atoms with Crippen molar-refractivity contribution in [2.45, 2.75) is 45.7 Å². The summed E-state index contributed by atoms with van der Waals surface area (Å²) in [7, 11) is 0. The number of ether oxygens (including phenoxy) is 1. The fraction of sp³-hybridized carbons (Fsp3) is 0.714. The van der Waals surface area contributed by atoms with Crippen LogP contribution >= 0.6 is 15.9 Å². The quantitative estimate of drug-likeness (QED) is 0.775. The molecule has 0 spiro atoms. The van der Waals surface area contributed by atoms with E-state index < -0.39 is 0 Å². The van der Waals surface area contributed by atoms with E-state index in [0.29, 0.717) is 12.6 Å². The number of hydrogen-bond donors (Lipinski definition) is 0. The maximum atomic E-state index is 10.9. The monoisotopic (exact) mass is 343 g/mol. The third-order valence-corrected chi connectivity index (χ3v) is 4.39. The van der Waals surface area contributed by atoms with E-state index in [-0.39, 0.29) is 0 Å². The van der Waals surface area contributed by atoms with Gasteiger partial charge in [0.1, 0.15) is 4.60 Å². The number of fused-ring (bicyclic) bond motifs is 1. The topological polar surface area (TPSA) is 47.4 Å². The van der Waals surface area contributed by atoms with Crippen molar-refractivity contribution in [1.29, 1.82) is 0 Å². The lowest BCUT2D eigenvalue weighted by molar-refractivity contribution is -0.118. The van der Waals surface area contributed by atoms with E-state index in [0.717, 1.165) is 50.0 Å². The summed E-state index contributed by atoms with van der Waals surface area (Å²) in [4.78, 5) is 12.7. The van der Waals surface area contributed by atoms with Crippen LogP contribution in [0.1, 0.15) is 44.0 Å². The van der Waals surface area contributed by atoms with Crippen molar-refractivity contribution in [2.24, 2.45) is 0 Å². The van der Waals surface area contributed by atoms with Crippen molar-refractivity contribution in [2.75, 3.05) is 19.8 Å². The molecule has 1 saturated heterocycles. The first kappa shape index (κ1) is 15.5. The Kier molecular flexibility index (Phi) is 5.60. The minimum Gasteiger partial charge on any atom is -0.381 e. The maximum absolute atomic E-state index is 10.9. The first-order valence-corrected chi connectivity index (χ1v) is 8.11. The van der Waals surface area contributed by atoms with E-state index in [9.17, 15) is 4.79 Å². The molecule has 0 radical (unpaired) electrons. The summed E-state index contributed by atoms with van der Waals surface area (Å²) in [5.41, 5.74) is 2.45. The van der Waals surface area contributed by atoms with Gasteiger partial charge in [-0.2, -0.15) is 5.10 Å². The molecule has 0 saturated carbocycles. The van der Waals surface area contributed by atoms with E-state index in [1.165, 1.54) is 11.3 Å². The summed E-state index contributed by atoms with van der Waals surface area (Å²) in [6, 6.07) is 0.446. The average molecular weight is 344 g/mol. The Morgan fingerprint density at radius 3 is 2.70 bits per heavy atom. The molecule has 5 nitrogen and oxygen atoms in total. The molecule has 0 unspecified atom stereocenters. The number of hydrogen-bond acceptors (Lipinski definition) is 3. The van der Waals surface area contributed by atoms with Gasteiger partial charge in [0.25, 0.3) is 0 Å². The molecule has 0 N–H and O–H groups in total. The lowest BCUT2D eigenvalue weighted by Crippen LogP contribution is -2.31. The summed E-state index contributed by atoms with van der Waals surface area (Å²) in [6.07, 6.45) is 3.86. The highest BCUT2D eigenvalue weighted by Crippen LogP contribution is 2.31. The zero-order valence-electron chi connectivity index (χ0n) is 12.1. The number of halogens is 1. The zero-order chi connectivity index (χ0) is 14.5. The molecule has 0 bridgehead atoms. The van der Waals surface area contributed by atoms with Crippen LogP contribution in [0.25, 0.3) is 0 Å². The summed E-state index contributed by atoms with van der Waals surface area (Å²) in [5.74, 6) is 0. The highest BCUT2D eigenvalue weighted by atomic mass is 79.9. The van der Waals surface area contributed by atoms with Crippen molar-refractivity contribution >= 4 is 22.3 Å². The van der Waals surface area contributed by atoms with E-state index in [1.54, 1.807) is 4.90 Å². The molecule has 112 valence electrons. The highest BCUT2D eigenvalue weighted by Gasteiger charge is 2.27. The molecule has 2 aliphatic heterocycles. The number of aromatic nitrogens is 2.